The summed E-state index contributed by atoms with van der Waals surface area (Å²) in [6.07, 6.45) is 6.33. The molecule has 0 atom stereocenters. The molecule has 1 aliphatic rings. The van der Waals surface area contributed by atoms with Gasteiger partial charge < -0.3 is 24.6 Å². The zero-order valence-electron chi connectivity index (χ0n) is 23.1. The number of carbonyl (C=O) groups excluding carboxylic acids is 1. The highest BCUT2D eigenvalue weighted by molar-refractivity contribution is 5.85. The van der Waals surface area contributed by atoms with Gasteiger partial charge in [0.2, 0.25) is 0 Å². The van der Waals surface area contributed by atoms with Crippen molar-refractivity contribution in [3.8, 4) is 22.9 Å². The molecule has 0 radical (unpaired) electrons. The summed E-state index contributed by atoms with van der Waals surface area (Å²) < 4.78 is 13.0. The van der Waals surface area contributed by atoms with Crippen LogP contribution in [0.2, 0.25) is 0 Å². The van der Waals surface area contributed by atoms with Crippen LogP contribution in [-0.2, 0) is 4.74 Å². The fourth-order valence-corrected chi connectivity index (χ4v) is 4.99. The number of hydrogen-bond donors (Lipinski definition) is 1. The number of nitrogens with zero attached hydrogens (tertiary/aromatic N) is 6. The summed E-state index contributed by atoms with van der Waals surface area (Å²) in [5.74, 6) is 1.55. The Hall–Kier alpha value is -3.84. The second-order valence-corrected chi connectivity index (χ2v) is 11.0. The summed E-state index contributed by atoms with van der Waals surface area (Å²) in [7, 11) is 4.03. The molecule has 3 aromatic rings. The van der Waals surface area contributed by atoms with Gasteiger partial charge in [-0.05, 0) is 72.8 Å². The van der Waals surface area contributed by atoms with Gasteiger partial charge >= 0.3 is 6.09 Å². The Morgan fingerprint density at radius 2 is 1.97 bits per heavy atom. The highest BCUT2D eigenvalue weighted by Gasteiger charge is 2.38. The lowest BCUT2D eigenvalue weighted by atomic mass is 9.87. The van der Waals surface area contributed by atoms with Gasteiger partial charge in [-0.1, -0.05) is 0 Å². The Morgan fingerprint density at radius 1 is 1.24 bits per heavy atom. The summed E-state index contributed by atoms with van der Waals surface area (Å²) in [6.45, 7) is 10.3. The molecule has 1 fully saturated rings. The van der Waals surface area contributed by atoms with Crippen molar-refractivity contribution < 1.29 is 14.3 Å². The van der Waals surface area contributed by atoms with Crippen molar-refractivity contribution >= 4 is 17.4 Å². The molecule has 0 saturated carbocycles. The van der Waals surface area contributed by atoms with Crippen molar-refractivity contribution in [2.24, 2.45) is 0 Å². The van der Waals surface area contributed by atoms with E-state index in [9.17, 15) is 10.1 Å². The minimum atomic E-state index is -0.547. The van der Waals surface area contributed by atoms with Gasteiger partial charge in [-0.3, -0.25) is 0 Å². The van der Waals surface area contributed by atoms with Crippen LogP contribution in [0.25, 0.3) is 16.6 Å². The molecule has 1 saturated heterocycles. The number of rotatable bonds is 7. The molecule has 4 heterocycles. The maximum absolute atomic E-state index is 12.6. The van der Waals surface area contributed by atoms with E-state index < -0.39 is 5.60 Å². The number of likely N-dealkylation sites (N-methyl/N-ethyl adjacent to an activating group) is 1. The van der Waals surface area contributed by atoms with Gasteiger partial charge in [-0.15, -0.1) is 0 Å². The smallest absolute Gasteiger partial charge is 0.408 e. The first kappa shape index (κ1) is 27.2. The number of fused-ring (bicyclic) bond motifs is 1. The van der Waals surface area contributed by atoms with Crippen LogP contribution in [0.1, 0.15) is 46.1 Å². The van der Waals surface area contributed by atoms with E-state index in [1.165, 1.54) is 0 Å². The van der Waals surface area contributed by atoms with E-state index in [-0.39, 0.29) is 11.6 Å². The van der Waals surface area contributed by atoms with E-state index in [2.05, 4.69) is 26.3 Å². The molecular weight excluding hydrogens is 482 g/mol. The molecule has 202 valence electrons. The summed E-state index contributed by atoms with van der Waals surface area (Å²) in [5, 5.41) is 17.1. The Bertz CT molecular complexity index is 1310. The third-order valence-electron chi connectivity index (χ3n) is 6.51. The summed E-state index contributed by atoms with van der Waals surface area (Å²) in [6, 6.07) is 8.17. The Kier molecular flexibility index (Phi) is 7.78. The number of alkyl carbamates (subject to hydrolysis) is 1. The molecular formula is C28H37N7O3. The number of nitrogens with one attached hydrogen (secondary N) is 1. The summed E-state index contributed by atoms with van der Waals surface area (Å²) >= 11 is 0. The predicted octanol–water partition coefficient (Wildman–Crippen LogP) is 4.09. The fourth-order valence-electron chi connectivity index (χ4n) is 4.99. The molecule has 0 spiro atoms. The van der Waals surface area contributed by atoms with Crippen LogP contribution in [0, 0.1) is 11.3 Å². The van der Waals surface area contributed by atoms with E-state index in [0.717, 1.165) is 54.9 Å². The molecule has 1 aliphatic heterocycles. The van der Waals surface area contributed by atoms with Gasteiger partial charge in [-0.25, -0.2) is 14.3 Å². The predicted molar refractivity (Wildman–Crippen MR) is 146 cm³/mol. The summed E-state index contributed by atoms with van der Waals surface area (Å²) in [5.41, 5.74) is 2.03. The Morgan fingerprint density at radius 3 is 2.55 bits per heavy atom. The van der Waals surface area contributed by atoms with Crippen molar-refractivity contribution in [2.45, 2.75) is 51.7 Å². The van der Waals surface area contributed by atoms with E-state index in [0.29, 0.717) is 17.9 Å². The van der Waals surface area contributed by atoms with Crippen LogP contribution in [0.4, 0.5) is 10.6 Å². The molecule has 1 N–H and O–H groups in total. The first-order valence-corrected chi connectivity index (χ1v) is 12.9. The Labute approximate surface area is 224 Å². The number of carbonyl (C=O) groups is 1. The average molecular weight is 520 g/mol. The van der Waals surface area contributed by atoms with Crippen LogP contribution in [0.15, 0.2) is 36.8 Å². The highest BCUT2D eigenvalue weighted by Crippen LogP contribution is 2.32. The van der Waals surface area contributed by atoms with E-state index in [1.54, 1.807) is 16.9 Å². The van der Waals surface area contributed by atoms with Gasteiger partial charge in [-0.2, -0.15) is 10.4 Å². The van der Waals surface area contributed by atoms with Crippen LogP contribution in [0.5, 0.6) is 5.75 Å². The van der Waals surface area contributed by atoms with Crippen molar-refractivity contribution in [1.82, 2.24) is 24.8 Å². The van der Waals surface area contributed by atoms with Crippen LogP contribution < -0.4 is 15.0 Å². The largest absolute Gasteiger partial charge is 0.492 e. The van der Waals surface area contributed by atoms with Crippen LogP contribution in [-0.4, -0.2) is 77.1 Å². The number of hydrogen-bond acceptors (Lipinski definition) is 8. The van der Waals surface area contributed by atoms with E-state index in [4.69, 9.17) is 14.5 Å². The maximum Gasteiger partial charge on any atom is 0.408 e. The SMILES string of the molecule is CCOc1cc(-c2ccc(N3CCC(CN(C)C)(NC(=O)OC(C)(C)C)CC3)nc2)c2c(C#N)cnn2c1. The summed E-state index contributed by atoms with van der Waals surface area (Å²) in [4.78, 5) is 21.7. The number of aromatic nitrogens is 3. The molecule has 0 aliphatic carbocycles. The van der Waals surface area contributed by atoms with E-state index >= 15 is 0 Å². The maximum atomic E-state index is 12.6. The molecule has 0 bridgehead atoms. The zero-order chi connectivity index (χ0) is 27.5. The third kappa shape index (κ3) is 6.17. The molecule has 1 amide bonds. The first-order chi connectivity index (χ1) is 18.0. The van der Waals surface area contributed by atoms with Gasteiger partial charge in [0.05, 0.1) is 35.6 Å². The minimum Gasteiger partial charge on any atom is -0.492 e. The number of amides is 1. The normalized spacial score (nSPS) is 15.4. The number of piperidine rings is 1. The second kappa shape index (κ2) is 10.9. The minimum absolute atomic E-state index is 0.372. The second-order valence-electron chi connectivity index (χ2n) is 11.0. The molecule has 10 heteroatoms. The number of nitriles is 1. The number of anilines is 1. The van der Waals surface area contributed by atoms with Crippen molar-refractivity contribution in [3.63, 3.8) is 0 Å². The average Bonchev–Trinajstić information content (AvgIpc) is 3.26. The molecule has 0 unspecified atom stereocenters. The van der Waals surface area contributed by atoms with Crippen LogP contribution in [0.3, 0.4) is 0 Å². The van der Waals surface area contributed by atoms with Crippen molar-refractivity contribution in [1.29, 1.82) is 5.26 Å². The third-order valence-corrected chi connectivity index (χ3v) is 6.51. The topological polar surface area (TPSA) is 108 Å². The Balaban J connectivity index is 1.53. The number of pyridine rings is 2. The van der Waals surface area contributed by atoms with Gasteiger partial charge in [0.15, 0.2) is 0 Å². The van der Waals surface area contributed by atoms with Crippen molar-refractivity contribution in [3.05, 3.63) is 42.4 Å². The quantitative estimate of drug-likeness (QED) is 0.497. The van der Waals surface area contributed by atoms with Crippen molar-refractivity contribution in [2.75, 3.05) is 45.2 Å². The van der Waals surface area contributed by atoms with Gasteiger partial charge in [0, 0.05) is 37.0 Å². The highest BCUT2D eigenvalue weighted by atomic mass is 16.6. The molecule has 4 rings (SSSR count). The molecule has 10 nitrogen and oxygen atoms in total. The van der Waals surface area contributed by atoms with E-state index in [1.807, 2.05) is 66.2 Å². The lowest BCUT2D eigenvalue weighted by Crippen LogP contribution is -2.60. The standard InChI is InChI=1S/C28H37N7O3/c1-7-37-22-14-23(25-21(15-29)17-31-35(25)18-22)20-8-9-24(30-16-20)34-12-10-28(11-13-34,19-33(5)6)32-26(36)38-27(2,3)4/h8-9,14,16-18H,7,10-13,19H2,1-6H3,(H,32,36). The lowest BCUT2D eigenvalue weighted by molar-refractivity contribution is 0.0411. The lowest BCUT2D eigenvalue weighted by Gasteiger charge is -2.44. The first-order valence-electron chi connectivity index (χ1n) is 12.9. The zero-order valence-corrected chi connectivity index (χ0v) is 23.1. The monoisotopic (exact) mass is 519 g/mol. The molecule has 38 heavy (non-hydrogen) atoms. The van der Waals surface area contributed by atoms with Gasteiger partial charge in [0.25, 0.3) is 0 Å². The fraction of sp³-hybridized carbons (Fsp3) is 0.500. The van der Waals surface area contributed by atoms with Crippen LogP contribution >= 0.6 is 0 Å². The molecule has 3 aromatic heterocycles. The van der Waals surface area contributed by atoms with Gasteiger partial charge in [0.1, 0.15) is 23.2 Å². The molecule has 0 aromatic carbocycles. The number of ether oxygens (including phenoxy) is 2.